The predicted molar refractivity (Wildman–Crippen MR) is 93.1 cm³/mol. The standard InChI is InChI=1S/C20H16F3NO2/c21-20(22,23)15-10-11-16(24)19(12-15)26-18-9-5-4-8-17(18)25-13-14-6-2-1-3-7-14/h1-12H,13,24H2. The van der Waals surface area contributed by atoms with Crippen molar-refractivity contribution in [1.82, 2.24) is 0 Å². The van der Waals surface area contributed by atoms with Crippen molar-refractivity contribution in [2.45, 2.75) is 12.8 Å². The molecule has 0 aliphatic rings. The summed E-state index contributed by atoms with van der Waals surface area (Å²) in [6.07, 6.45) is -4.48. The minimum Gasteiger partial charge on any atom is -0.485 e. The van der Waals surface area contributed by atoms with Gasteiger partial charge in [0.1, 0.15) is 6.61 Å². The zero-order valence-electron chi connectivity index (χ0n) is 13.7. The lowest BCUT2D eigenvalue weighted by atomic mass is 10.2. The Kier molecular flexibility index (Phi) is 5.02. The number of hydrogen-bond acceptors (Lipinski definition) is 3. The lowest BCUT2D eigenvalue weighted by molar-refractivity contribution is -0.137. The van der Waals surface area contributed by atoms with Crippen LogP contribution in [0.1, 0.15) is 11.1 Å². The maximum atomic E-state index is 12.9. The first kappa shape index (κ1) is 17.7. The number of hydrogen-bond donors (Lipinski definition) is 1. The third kappa shape index (κ3) is 4.27. The van der Waals surface area contributed by atoms with Gasteiger partial charge in [-0.1, -0.05) is 42.5 Å². The summed E-state index contributed by atoms with van der Waals surface area (Å²) in [6, 6.07) is 19.2. The van der Waals surface area contributed by atoms with Crippen molar-refractivity contribution >= 4 is 5.69 Å². The van der Waals surface area contributed by atoms with Gasteiger partial charge >= 0.3 is 6.18 Å². The molecule has 0 unspecified atom stereocenters. The number of para-hydroxylation sites is 2. The van der Waals surface area contributed by atoms with Crippen LogP contribution in [0, 0.1) is 0 Å². The van der Waals surface area contributed by atoms with Crippen molar-refractivity contribution in [3.63, 3.8) is 0 Å². The van der Waals surface area contributed by atoms with E-state index in [1.807, 2.05) is 30.3 Å². The van der Waals surface area contributed by atoms with Crippen molar-refractivity contribution in [3.8, 4) is 17.2 Å². The van der Waals surface area contributed by atoms with E-state index < -0.39 is 11.7 Å². The summed E-state index contributed by atoms with van der Waals surface area (Å²) in [5.74, 6) is 0.623. The van der Waals surface area contributed by atoms with Gasteiger partial charge in [0.2, 0.25) is 0 Å². The zero-order valence-corrected chi connectivity index (χ0v) is 13.7. The van der Waals surface area contributed by atoms with Crippen LogP contribution < -0.4 is 15.2 Å². The van der Waals surface area contributed by atoms with Crippen molar-refractivity contribution < 1.29 is 22.6 Å². The predicted octanol–water partition coefficient (Wildman–Crippen LogP) is 5.66. The topological polar surface area (TPSA) is 44.5 Å². The maximum absolute atomic E-state index is 12.9. The lowest BCUT2D eigenvalue weighted by Crippen LogP contribution is -2.06. The number of nitrogen functional groups attached to an aromatic ring is 1. The summed E-state index contributed by atoms with van der Waals surface area (Å²) in [7, 11) is 0. The summed E-state index contributed by atoms with van der Waals surface area (Å²) in [6.45, 7) is 0.305. The Hall–Kier alpha value is -3.15. The van der Waals surface area contributed by atoms with Crippen LogP contribution in [-0.4, -0.2) is 0 Å². The van der Waals surface area contributed by atoms with Crippen LogP contribution in [0.2, 0.25) is 0 Å². The average Bonchev–Trinajstić information content (AvgIpc) is 2.63. The van der Waals surface area contributed by atoms with Gasteiger partial charge in [-0.25, -0.2) is 0 Å². The Balaban J connectivity index is 1.82. The van der Waals surface area contributed by atoms with Gasteiger partial charge in [-0.2, -0.15) is 13.2 Å². The normalized spacial score (nSPS) is 11.2. The highest BCUT2D eigenvalue weighted by atomic mass is 19.4. The second-order valence-corrected chi connectivity index (χ2v) is 5.57. The first-order valence-corrected chi connectivity index (χ1v) is 7.84. The van der Waals surface area contributed by atoms with E-state index in [9.17, 15) is 13.2 Å². The Labute approximate surface area is 148 Å². The van der Waals surface area contributed by atoms with Gasteiger partial charge < -0.3 is 15.2 Å². The van der Waals surface area contributed by atoms with Crippen molar-refractivity contribution in [1.29, 1.82) is 0 Å². The third-order valence-electron chi connectivity index (χ3n) is 3.65. The van der Waals surface area contributed by atoms with Gasteiger partial charge in [0.15, 0.2) is 17.2 Å². The number of anilines is 1. The molecule has 26 heavy (non-hydrogen) atoms. The van der Waals surface area contributed by atoms with E-state index in [0.29, 0.717) is 12.4 Å². The number of benzene rings is 3. The number of nitrogens with two attached hydrogens (primary N) is 1. The zero-order chi connectivity index (χ0) is 18.6. The molecule has 6 heteroatoms. The molecular formula is C20H16F3NO2. The third-order valence-corrected chi connectivity index (χ3v) is 3.65. The summed E-state index contributed by atoms with van der Waals surface area (Å²) >= 11 is 0. The molecule has 0 aromatic heterocycles. The fraction of sp³-hybridized carbons (Fsp3) is 0.100. The highest BCUT2D eigenvalue weighted by Gasteiger charge is 2.31. The van der Waals surface area contributed by atoms with E-state index in [1.165, 1.54) is 6.07 Å². The molecule has 0 fully saturated rings. The Morgan fingerprint density at radius 3 is 2.12 bits per heavy atom. The smallest absolute Gasteiger partial charge is 0.416 e. The fourth-order valence-corrected chi connectivity index (χ4v) is 2.31. The van der Waals surface area contributed by atoms with Crippen LogP contribution in [0.4, 0.5) is 18.9 Å². The van der Waals surface area contributed by atoms with Crippen LogP contribution in [0.15, 0.2) is 72.8 Å². The van der Waals surface area contributed by atoms with Crippen LogP contribution >= 0.6 is 0 Å². The largest absolute Gasteiger partial charge is 0.485 e. The van der Waals surface area contributed by atoms with Crippen LogP contribution in [0.25, 0.3) is 0 Å². The Morgan fingerprint density at radius 2 is 1.42 bits per heavy atom. The summed E-state index contributed by atoms with van der Waals surface area (Å²) in [5.41, 5.74) is 6.00. The van der Waals surface area contributed by atoms with Gasteiger partial charge in [0, 0.05) is 0 Å². The Bertz CT molecular complexity index is 880. The molecule has 0 aliphatic carbocycles. The van der Waals surface area contributed by atoms with E-state index in [1.54, 1.807) is 24.3 Å². The van der Waals surface area contributed by atoms with E-state index in [4.69, 9.17) is 15.2 Å². The molecule has 0 saturated heterocycles. The lowest BCUT2D eigenvalue weighted by Gasteiger charge is -2.15. The number of halogens is 3. The molecule has 0 heterocycles. The molecule has 3 nitrogen and oxygen atoms in total. The molecule has 0 amide bonds. The minimum absolute atomic E-state index is 0.0735. The van der Waals surface area contributed by atoms with Gasteiger partial charge in [0.25, 0.3) is 0 Å². The van der Waals surface area contributed by atoms with Crippen molar-refractivity contribution in [2.75, 3.05) is 5.73 Å². The molecule has 0 saturated carbocycles. The molecule has 0 aliphatic heterocycles. The van der Waals surface area contributed by atoms with E-state index >= 15 is 0 Å². The first-order chi connectivity index (χ1) is 12.4. The molecule has 3 aromatic rings. The molecule has 0 bridgehead atoms. The van der Waals surface area contributed by atoms with Crippen molar-refractivity contribution in [2.24, 2.45) is 0 Å². The molecule has 0 spiro atoms. The highest BCUT2D eigenvalue weighted by molar-refractivity contribution is 5.57. The molecule has 2 N–H and O–H groups in total. The van der Waals surface area contributed by atoms with Gasteiger partial charge in [-0.3, -0.25) is 0 Å². The molecule has 3 aromatic carbocycles. The fourth-order valence-electron chi connectivity index (χ4n) is 2.31. The van der Waals surface area contributed by atoms with Crippen LogP contribution in [0.3, 0.4) is 0 Å². The van der Waals surface area contributed by atoms with Gasteiger partial charge in [0.05, 0.1) is 11.3 Å². The quantitative estimate of drug-likeness (QED) is 0.598. The van der Waals surface area contributed by atoms with E-state index in [-0.39, 0.29) is 17.2 Å². The number of ether oxygens (including phenoxy) is 2. The Morgan fingerprint density at radius 1 is 0.769 bits per heavy atom. The number of alkyl halides is 3. The first-order valence-electron chi connectivity index (χ1n) is 7.84. The average molecular weight is 359 g/mol. The highest BCUT2D eigenvalue weighted by Crippen LogP contribution is 2.38. The molecular weight excluding hydrogens is 343 g/mol. The monoisotopic (exact) mass is 359 g/mol. The van der Waals surface area contributed by atoms with E-state index in [2.05, 4.69) is 0 Å². The molecule has 0 atom stereocenters. The number of rotatable bonds is 5. The van der Waals surface area contributed by atoms with Crippen LogP contribution in [0.5, 0.6) is 17.2 Å². The summed E-state index contributed by atoms with van der Waals surface area (Å²) < 4.78 is 50.1. The second-order valence-electron chi connectivity index (χ2n) is 5.57. The summed E-state index contributed by atoms with van der Waals surface area (Å²) in [5, 5.41) is 0. The van der Waals surface area contributed by atoms with Crippen molar-refractivity contribution in [3.05, 3.63) is 83.9 Å². The summed E-state index contributed by atoms with van der Waals surface area (Å²) in [4.78, 5) is 0. The maximum Gasteiger partial charge on any atom is 0.416 e. The van der Waals surface area contributed by atoms with Crippen LogP contribution in [-0.2, 0) is 12.8 Å². The van der Waals surface area contributed by atoms with E-state index in [0.717, 1.165) is 17.7 Å². The SMILES string of the molecule is Nc1ccc(C(F)(F)F)cc1Oc1ccccc1OCc1ccccc1. The van der Waals surface area contributed by atoms with Gasteiger partial charge in [-0.15, -0.1) is 0 Å². The molecule has 0 radical (unpaired) electrons. The molecule has 3 rings (SSSR count). The minimum atomic E-state index is -4.48. The van der Waals surface area contributed by atoms with Gasteiger partial charge in [-0.05, 0) is 35.9 Å². The molecule has 134 valence electrons. The second kappa shape index (κ2) is 7.39.